The quantitative estimate of drug-likeness (QED) is 0.353. The second-order valence-corrected chi connectivity index (χ2v) is 11.4. The van der Waals surface area contributed by atoms with Crippen LogP contribution in [0.4, 0.5) is 0 Å². The number of halogens is 1. The van der Waals surface area contributed by atoms with Crippen LogP contribution in [0.15, 0.2) is 23.8 Å². The Kier molecular flexibility index (Phi) is 4.74. The van der Waals surface area contributed by atoms with E-state index in [1.54, 1.807) is 13.0 Å². The van der Waals surface area contributed by atoms with E-state index in [2.05, 4.69) is 26.8 Å². The van der Waals surface area contributed by atoms with E-state index in [9.17, 15) is 14.4 Å². The van der Waals surface area contributed by atoms with Gasteiger partial charge in [-0.1, -0.05) is 39.3 Å². The highest BCUT2D eigenvalue weighted by Crippen LogP contribution is 2.77. The number of epoxide rings is 1. The summed E-state index contributed by atoms with van der Waals surface area (Å²) in [5.74, 6) is -0.157. The molecule has 32 heavy (non-hydrogen) atoms. The van der Waals surface area contributed by atoms with Gasteiger partial charge in [0.15, 0.2) is 17.2 Å². The van der Waals surface area contributed by atoms with Crippen molar-refractivity contribution >= 4 is 29.1 Å². The Morgan fingerprint density at radius 1 is 1.22 bits per heavy atom. The first-order chi connectivity index (χ1) is 15.0. The predicted octanol–water partition coefficient (Wildman–Crippen LogP) is 4.42. The molecule has 6 heteroatoms. The van der Waals surface area contributed by atoms with E-state index < -0.39 is 11.0 Å². The van der Waals surface area contributed by atoms with Gasteiger partial charge in [0.05, 0.1) is 12.0 Å². The van der Waals surface area contributed by atoms with Gasteiger partial charge in [0.2, 0.25) is 0 Å². The number of carbonyl (C=O) groups excluding carboxylic acids is 3. The highest BCUT2D eigenvalue weighted by atomic mass is 35.5. The van der Waals surface area contributed by atoms with Gasteiger partial charge in [-0.05, 0) is 56.1 Å². The molecule has 5 nitrogen and oxygen atoms in total. The molecule has 0 N–H and O–H groups in total. The molecular weight excluding hydrogens is 428 g/mol. The molecule has 4 fully saturated rings. The molecule has 9 atom stereocenters. The Morgan fingerprint density at radius 3 is 2.59 bits per heavy atom. The Balaban J connectivity index is 1.62. The fraction of sp³-hybridized carbons (Fsp3) is 0.731. The van der Waals surface area contributed by atoms with E-state index in [-0.39, 0.29) is 70.6 Å². The van der Waals surface area contributed by atoms with Gasteiger partial charge < -0.3 is 9.47 Å². The topological polar surface area (TPSA) is 73.0 Å². The molecular formula is C26H33ClO5. The highest BCUT2D eigenvalue weighted by molar-refractivity contribution is 6.29. The Hall–Kier alpha value is -1.46. The Bertz CT molecular complexity index is 969. The first-order valence-corrected chi connectivity index (χ1v) is 12.5. The molecule has 4 aliphatic carbocycles. The van der Waals surface area contributed by atoms with E-state index in [1.807, 2.05) is 13.0 Å². The van der Waals surface area contributed by atoms with Crippen LogP contribution in [0, 0.1) is 34.5 Å². The summed E-state index contributed by atoms with van der Waals surface area (Å²) in [7, 11) is 0. The van der Waals surface area contributed by atoms with E-state index in [1.165, 1.54) is 5.57 Å². The lowest BCUT2D eigenvalue weighted by Crippen LogP contribution is -2.64. The largest absolute Gasteiger partial charge is 0.450 e. The SMILES string of the molecule is CCC(=O)O[C@]1(C(=O)CCl)[C@@H](C)C[C@H]2[C@@H]3C[C@H](C)C4=CC(=O)C=C[C@]4(C)[C@]34O[C@H]4C[C@@]21C. The van der Waals surface area contributed by atoms with Crippen molar-refractivity contribution in [3.05, 3.63) is 23.8 Å². The lowest BCUT2D eigenvalue weighted by Gasteiger charge is -2.57. The van der Waals surface area contributed by atoms with Crippen molar-refractivity contribution in [3.63, 3.8) is 0 Å². The number of hydrogen-bond donors (Lipinski definition) is 0. The number of allylic oxidation sites excluding steroid dienone is 2. The van der Waals surface area contributed by atoms with Crippen molar-refractivity contribution in [2.45, 2.75) is 77.6 Å². The summed E-state index contributed by atoms with van der Waals surface area (Å²) >= 11 is 6.12. The van der Waals surface area contributed by atoms with Gasteiger partial charge in [0, 0.05) is 23.2 Å². The third-order valence-corrected chi connectivity index (χ3v) is 10.1. The first-order valence-electron chi connectivity index (χ1n) is 12.0. The molecule has 1 aliphatic heterocycles. The molecule has 5 aliphatic rings. The molecule has 0 aromatic heterocycles. The van der Waals surface area contributed by atoms with Gasteiger partial charge in [-0.15, -0.1) is 11.6 Å². The minimum absolute atomic E-state index is 0.0411. The molecule has 0 aromatic rings. The zero-order chi connectivity index (χ0) is 23.3. The zero-order valence-corrected chi connectivity index (χ0v) is 20.3. The Morgan fingerprint density at radius 2 is 1.94 bits per heavy atom. The number of hydrogen-bond acceptors (Lipinski definition) is 5. The van der Waals surface area contributed by atoms with Crippen LogP contribution in [0.2, 0.25) is 0 Å². The minimum atomic E-state index is -1.22. The summed E-state index contributed by atoms with van der Waals surface area (Å²) in [6.45, 7) is 10.3. The smallest absolute Gasteiger partial charge is 0.306 e. The van der Waals surface area contributed by atoms with Crippen LogP contribution in [0.5, 0.6) is 0 Å². The lowest BCUT2D eigenvalue weighted by atomic mass is 9.45. The normalized spacial score (nSPS) is 50.5. The van der Waals surface area contributed by atoms with E-state index in [4.69, 9.17) is 21.1 Å². The fourth-order valence-corrected chi connectivity index (χ4v) is 8.77. The summed E-state index contributed by atoms with van der Waals surface area (Å²) in [5.41, 5.74) is -1.28. The number of Topliss-reactive ketones (excluding diaryl/α,β-unsaturated/α-hetero) is 1. The minimum Gasteiger partial charge on any atom is -0.450 e. The molecule has 0 unspecified atom stereocenters. The van der Waals surface area contributed by atoms with Gasteiger partial charge in [-0.25, -0.2) is 0 Å². The molecule has 0 amide bonds. The zero-order valence-electron chi connectivity index (χ0n) is 19.6. The molecule has 1 spiro atoms. The van der Waals surface area contributed by atoms with Crippen LogP contribution in [-0.4, -0.2) is 40.7 Å². The van der Waals surface area contributed by atoms with Crippen LogP contribution in [0.1, 0.15) is 60.3 Å². The Labute approximate surface area is 194 Å². The van der Waals surface area contributed by atoms with Crippen LogP contribution in [-0.2, 0) is 23.9 Å². The predicted molar refractivity (Wildman–Crippen MR) is 120 cm³/mol. The molecule has 0 radical (unpaired) electrons. The van der Waals surface area contributed by atoms with Crippen molar-refractivity contribution in [2.24, 2.45) is 34.5 Å². The van der Waals surface area contributed by atoms with Crippen molar-refractivity contribution in [3.8, 4) is 0 Å². The molecule has 1 saturated heterocycles. The third kappa shape index (κ3) is 2.37. The van der Waals surface area contributed by atoms with Crippen LogP contribution < -0.4 is 0 Å². The van der Waals surface area contributed by atoms with Crippen LogP contribution >= 0.6 is 11.6 Å². The first kappa shape index (κ1) is 22.3. The molecule has 5 rings (SSSR count). The third-order valence-electron chi connectivity index (χ3n) is 9.90. The van der Waals surface area contributed by atoms with Gasteiger partial charge in [-0.2, -0.15) is 0 Å². The standard InChI is InChI=1S/C26H33ClO5/c1-6-22(30)32-25(20(29)13-27)15(3)10-18-19-9-14(2)17-11-16(28)7-8-23(17,4)26(19)21(31-26)12-24(18,25)5/h7-8,11,14-15,18-19,21H,6,9-10,12-13H2,1-5H3/t14-,15-,18-,19-,21-,23-,24-,25-,26-/m0/s1. The van der Waals surface area contributed by atoms with E-state index in [0.29, 0.717) is 6.42 Å². The summed E-state index contributed by atoms with van der Waals surface area (Å²) < 4.78 is 12.7. The number of rotatable bonds is 4. The molecule has 0 aromatic carbocycles. The van der Waals surface area contributed by atoms with Gasteiger partial charge >= 0.3 is 5.97 Å². The van der Waals surface area contributed by atoms with Crippen molar-refractivity contribution in [1.82, 2.24) is 0 Å². The highest BCUT2D eigenvalue weighted by Gasteiger charge is 2.83. The maximum atomic E-state index is 13.4. The van der Waals surface area contributed by atoms with Gasteiger partial charge in [0.1, 0.15) is 5.60 Å². The second kappa shape index (κ2) is 6.79. The van der Waals surface area contributed by atoms with E-state index in [0.717, 1.165) is 12.8 Å². The van der Waals surface area contributed by atoms with Gasteiger partial charge in [-0.3, -0.25) is 14.4 Å². The molecule has 1 heterocycles. The second-order valence-electron chi connectivity index (χ2n) is 11.2. The summed E-state index contributed by atoms with van der Waals surface area (Å²) in [6, 6.07) is 0. The van der Waals surface area contributed by atoms with Crippen molar-refractivity contribution in [1.29, 1.82) is 0 Å². The maximum Gasteiger partial charge on any atom is 0.306 e. The van der Waals surface area contributed by atoms with Crippen molar-refractivity contribution < 1.29 is 23.9 Å². The summed E-state index contributed by atoms with van der Waals surface area (Å²) in [6.07, 6.45) is 8.08. The average Bonchev–Trinajstić information content (AvgIpc) is 3.43. The molecule has 0 bridgehead atoms. The summed E-state index contributed by atoms with van der Waals surface area (Å²) in [4.78, 5) is 38.2. The number of esters is 1. The van der Waals surface area contributed by atoms with Gasteiger partial charge in [0.25, 0.3) is 0 Å². The fourth-order valence-electron chi connectivity index (χ4n) is 8.58. The number of ether oxygens (including phenoxy) is 2. The summed E-state index contributed by atoms with van der Waals surface area (Å²) in [5, 5.41) is 0. The maximum absolute atomic E-state index is 13.4. The van der Waals surface area contributed by atoms with E-state index >= 15 is 0 Å². The number of fused-ring (bicyclic) bond motifs is 3. The number of carbonyl (C=O) groups is 3. The van der Waals surface area contributed by atoms with Crippen LogP contribution in [0.3, 0.4) is 0 Å². The van der Waals surface area contributed by atoms with Crippen LogP contribution in [0.25, 0.3) is 0 Å². The molecule has 174 valence electrons. The molecule has 3 saturated carbocycles. The number of alkyl halides is 1. The average molecular weight is 461 g/mol. The lowest BCUT2D eigenvalue weighted by molar-refractivity contribution is -0.191. The van der Waals surface area contributed by atoms with Crippen molar-refractivity contribution in [2.75, 3.05) is 5.88 Å². The number of ketones is 2. The monoisotopic (exact) mass is 460 g/mol.